The van der Waals surface area contributed by atoms with E-state index in [1.54, 1.807) is 24.3 Å². The Morgan fingerprint density at radius 1 is 1.19 bits per heavy atom. The number of halogens is 1. The van der Waals surface area contributed by atoms with Crippen LogP contribution in [0.1, 0.15) is 35.7 Å². The molecule has 2 aromatic carbocycles. The highest BCUT2D eigenvalue weighted by Crippen LogP contribution is 2.43. The number of nitrogens with zero attached hydrogens (tertiary/aromatic N) is 2. The molecule has 5 rings (SSSR count). The van der Waals surface area contributed by atoms with E-state index >= 15 is 0 Å². The van der Waals surface area contributed by atoms with Crippen molar-refractivity contribution < 1.29 is 9.31 Å². The fourth-order valence-electron chi connectivity index (χ4n) is 4.57. The molecule has 0 spiro atoms. The topological polar surface area (TPSA) is 62.2 Å². The number of aromatic nitrogens is 1. The molecule has 1 aliphatic heterocycles. The van der Waals surface area contributed by atoms with Gasteiger partial charge in [0.1, 0.15) is 5.82 Å². The molecule has 6 heteroatoms. The minimum atomic E-state index is -0.339. The van der Waals surface area contributed by atoms with Crippen molar-refractivity contribution in [2.75, 3.05) is 11.4 Å². The number of rotatable bonds is 2. The standard InChI is InChI=1S/C20H18FN3O2/c21-13-4-6-17-16(11-13)15-2-1-3-19(20(15)22-17)23-9-8-12-10-14(24(25)26)5-7-18(12)23/h4-7,10-11,19,22H,1-3,8-9H2. The maximum Gasteiger partial charge on any atom is 0.269 e. The number of nitro benzene ring substituents is 1. The van der Waals surface area contributed by atoms with Crippen LogP contribution < -0.4 is 4.90 Å². The van der Waals surface area contributed by atoms with Crippen LogP contribution in [-0.4, -0.2) is 16.5 Å². The zero-order valence-corrected chi connectivity index (χ0v) is 14.2. The number of H-pyrrole nitrogens is 1. The van der Waals surface area contributed by atoms with Crippen LogP contribution in [0.25, 0.3) is 10.9 Å². The first-order chi connectivity index (χ1) is 12.6. The summed E-state index contributed by atoms with van der Waals surface area (Å²) in [7, 11) is 0. The average molecular weight is 351 g/mol. The SMILES string of the molecule is O=[N+]([O-])c1ccc2c(c1)CCN2C1CCCc2c1[nH]c1ccc(F)cc21. The predicted molar refractivity (Wildman–Crippen MR) is 98.1 cm³/mol. The van der Waals surface area contributed by atoms with Gasteiger partial charge in [0.25, 0.3) is 5.69 Å². The van der Waals surface area contributed by atoms with Crippen LogP contribution in [0.3, 0.4) is 0 Å². The number of aryl methyl sites for hydroxylation is 1. The zero-order valence-electron chi connectivity index (χ0n) is 14.2. The van der Waals surface area contributed by atoms with Crippen molar-refractivity contribution >= 4 is 22.3 Å². The molecule has 0 saturated carbocycles. The van der Waals surface area contributed by atoms with Gasteiger partial charge in [-0.2, -0.15) is 0 Å². The van der Waals surface area contributed by atoms with Gasteiger partial charge in [-0.3, -0.25) is 10.1 Å². The molecule has 0 radical (unpaired) electrons. The zero-order chi connectivity index (χ0) is 17.8. The lowest BCUT2D eigenvalue weighted by molar-refractivity contribution is -0.384. The highest BCUT2D eigenvalue weighted by atomic mass is 19.1. The quantitative estimate of drug-likeness (QED) is 0.540. The molecule has 3 aromatic rings. The second kappa shape index (κ2) is 5.56. The summed E-state index contributed by atoms with van der Waals surface area (Å²) >= 11 is 0. The summed E-state index contributed by atoms with van der Waals surface area (Å²) < 4.78 is 13.7. The first kappa shape index (κ1) is 15.4. The summed E-state index contributed by atoms with van der Waals surface area (Å²) in [5.41, 5.74) is 5.63. The van der Waals surface area contributed by atoms with Gasteiger partial charge in [-0.1, -0.05) is 0 Å². The minimum Gasteiger partial charge on any atom is -0.362 e. The van der Waals surface area contributed by atoms with Gasteiger partial charge in [0.05, 0.1) is 11.0 Å². The average Bonchev–Trinajstić information content (AvgIpc) is 3.22. The predicted octanol–water partition coefficient (Wildman–Crippen LogP) is 4.66. The molecule has 1 unspecified atom stereocenters. The van der Waals surface area contributed by atoms with Gasteiger partial charge in [-0.15, -0.1) is 0 Å². The van der Waals surface area contributed by atoms with Crippen molar-refractivity contribution in [2.45, 2.75) is 31.7 Å². The first-order valence-electron chi connectivity index (χ1n) is 8.96. The van der Waals surface area contributed by atoms with E-state index in [0.717, 1.165) is 54.4 Å². The number of nitrogens with one attached hydrogen (secondary N) is 1. The summed E-state index contributed by atoms with van der Waals surface area (Å²) in [6, 6.07) is 10.3. The summed E-state index contributed by atoms with van der Waals surface area (Å²) in [6.07, 6.45) is 3.85. The van der Waals surface area contributed by atoms with Gasteiger partial charge >= 0.3 is 0 Å². The maximum atomic E-state index is 13.7. The third-order valence-electron chi connectivity index (χ3n) is 5.72. The van der Waals surface area contributed by atoms with Crippen LogP contribution in [0.15, 0.2) is 36.4 Å². The van der Waals surface area contributed by atoms with Crippen molar-refractivity contribution in [3.63, 3.8) is 0 Å². The van der Waals surface area contributed by atoms with Gasteiger partial charge < -0.3 is 9.88 Å². The number of non-ortho nitro benzene ring substituents is 1. The highest BCUT2D eigenvalue weighted by Gasteiger charge is 2.33. The molecule has 1 aliphatic carbocycles. The summed E-state index contributed by atoms with van der Waals surface area (Å²) in [4.78, 5) is 16.6. The van der Waals surface area contributed by atoms with Crippen LogP contribution in [-0.2, 0) is 12.8 Å². The Labute approximate surface area is 149 Å². The second-order valence-corrected chi connectivity index (χ2v) is 7.13. The molecule has 2 heterocycles. The van der Waals surface area contributed by atoms with E-state index in [1.165, 1.54) is 17.3 Å². The third-order valence-corrected chi connectivity index (χ3v) is 5.72. The molecule has 1 aromatic heterocycles. The first-order valence-corrected chi connectivity index (χ1v) is 8.96. The van der Waals surface area contributed by atoms with E-state index < -0.39 is 0 Å². The molecule has 132 valence electrons. The number of fused-ring (bicyclic) bond motifs is 4. The second-order valence-electron chi connectivity index (χ2n) is 7.13. The van der Waals surface area contributed by atoms with E-state index in [2.05, 4.69) is 9.88 Å². The lowest BCUT2D eigenvalue weighted by Gasteiger charge is -2.33. The molecule has 0 amide bonds. The van der Waals surface area contributed by atoms with Crippen LogP contribution in [0.2, 0.25) is 0 Å². The van der Waals surface area contributed by atoms with Crippen molar-refractivity contribution in [3.05, 3.63) is 69.2 Å². The Hall–Kier alpha value is -2.89. The smallest absolute Gasteiger partial charge is 0.269 e. The van der Waals surface area contributed by atoms with Crippen LogP contribution in [0, 0.1) is 15.9 Å². The third kappa shape index (κ3) is 2.21. The van der Waals surface area contributed by atoms with Crippen LogP contribution in [0.5, 0.6) is 0 Å². The van der Waals surface area contributed by atoms with E-state index in [4.69, 9.17) is 0 Å². The van der Waals surface area contributed by atoms with E-state index in [1.807, 2.05) is 6.07 Å². The minimum absolute atomic E-state index is 0.149. The van der Waals surface area contributed by atoms with Crippen molar-refractivity contribution in [3.8, 4) is 0 Å². The lowest BCUT2D eigenvalue weighted by atomic mass is 9.90. The van der Waals surface area contributed by atoms with E-state index in [-0.39, 0.29) is 22.5 Å². The maximum absolute atomic E-state index is 13.7. The Morgan fingerprint density at radius 2 is 2.08 bits per heavy atom. The lowest BCUT2D eigenvalue weighted by Crippen LogP contribution is -2.29. The van der Waals surface area contributed by atoms with Gasteiger partial charge in [0.15, 0.2) is 0 Å². The van der Waals surface area contributed by atoms with Gasteiger partial charge in [0, 0.05) is 41.0 Å². The molecular weight excluding hydrogens is 333 g/mol. The molecule has 26 heavy (non-hydrogen) atoms. The monoisotopic (exact) mass is 351 g/mol. The fraction of sp³-hybridized carbons (Fsp3) is 0.300. The summed E-state index contributed by atoms with van der Waals surface area (Å²) in [6.45, 7) is 0.852. The van der Waals surface area contributed by atoms with Gasteiger partial charge in [0.2, 0.25) is 0 Å². The van der Waals surface area contributed by atoms with Crippen LogP contribution in [0.4, 0.5) is 15.8 Å². The molecular formula is C20H18FN3O2. The molecule has 1 N–H and O–H groups in total. The van der Waals surface area contributed by atoms with Gasteiger partial charge in [-0.05, 0) is 61.1 Å². The van der Waals surface area contributed by atoms with E-state index in [9.17, 15) is 14.5 Å². The number of anilines is 1. The van der Waals surface area contributed by atoms with E-state index in [0.29, 0.717) is 0 Å². The molecule has 5 nitrogen and oxygen atoms in total. The van der Waals surface area contributed by atoms with Crippen molar-refractivity contribution in [1.29, 1.82) is 0 Å². The Morgan fingerprint density at radius 3 is 2.92 bits per heavy atom. The Kier molecular flexibility index (Phi) is 3.29. The summed E-state index contributed by atoms with van der Waals surface area (Å²) in [5, 5.41) is 12.0. The Balaban J connectivity index is 1.58. The fourth-order valence-corrected chi connectivity index (χ4v) is 4.57. The van der Waals surface area contributed by atoms with Crippen molar-refractivity contribution in [2.24, 2.45) is 0 Å². The molecule has 0 saturated heterocycles. The van der Waals surface area contributed by atoms with Crippen molar-refractivity contribution in [1.82, 2.24) is 4.98 Å². The number of hydrogen-bond acceptors (Lipinski definition) is 3. The number of aromatic amines is 1. The normalized spacial score (nSPS) is 18.8. The number of nitro groups is 1. The Bertz CT molecular complexity index is 1040. The number of benzene rings is 2. The van der Waals surface area contributed by atoms with Crippen LogP contribution >= 0.6 is 0 Å². The summed E-state index contributed by atoms with van der Waals surface area (Å²) in [5.74, 6) is -0.208. The molecule has 2 aliphatic rings. The molecule has 0 bridgehead atoms. The molecule has 0 fully saturated rings. The highest BCUT2D eigenvalue weighted by molar-refractivity contribution is 5.85. The molecule has 1 atom stereocenters. The largest absolute Gasteiger partial charge is 0.362 e. The number of hydrogen-bond donors (Lipinski definition) is 1. The van der Waals surface area contributed by atoms with Gasteiger partial charge in [-0.25, -0.2) is 4.39 Å².